The lowest BCUT2D eigenvalue weighted by Crippen LogP contribution is -2.31. The van der Waals surface area contributed by atoms with Crippen LogP contribution in [0.1, 0.15) is 6.42 Å². The third-order valence-electron chi connectivity index (χ3n) is 1.91. The number of methoxy groups -OCH3 is 1. The average molecular weight is 209 g/mol. The highest BCUT2D eigenvalue weighted by Gasteiger charge is 1.98. The molecule has 0 radical (unpaired) electrons. The Balaban J connectivity index is 2.40. The van der Waals surface area contributed by atoms with Crippen LogP contribution in [0.4, 0.5) is 5.69 Å². The van der Waals surface area contributed by atoms with Gasteiger partial charge in [0.1, 0.15) is 5.75 Å². The minimum atomic E-state index is -0.189. The number of ether oxygens (including phenoxy) is 1. The van der Waals surface area contributed by atoms with Crippen molar-refractivity contribution in [3.05, 3.63) is 24.3 Å². The maximum atomic E-state index is 10.8. The van der Waals surface area contributed by atoms with E-state index in [-0.39, 0.29) is 5.91 Å². The summed E-state index contributed by atoms with van der Waals surface area (Å²) in [5.41, 5.74) is 2.99. The number of nitrogens with two attached hydrogens (primary N) is 1. The molecule has 0 atom stereocenters. The van der Waals surface area contributed by atoms with Gasteiger partial charge in [0, 0.05) is 24.7 Å². The van der Waals surface area contributed by atoms with Crippen LogP contribution in [0.2, 0.25) is 0 Å². The molecule has 0 aromatic heterocycles. The first-order valence-electron chi connectivity index (χ1n) is 4.63. The number of hydrazine groups is 1. The van der Waals surface area contributed by atoms with Crippen LogP contribution in [0.15, 0.2) is 24.3 Å². The molecule has 1 rings (SSSR count). The lowest BCUT2D eigenvalue weighted by atomic mass is 10.3. The smallest absolute Gasteiger partial charge is 0.235 e. The van der Waals surface area contributed by atoms with E-state index in [4.69, 9.17) is 10.6 Å². The summed E-state index contributed by atoms with van der Waals surface area (Å²) < 4.78 is 5.06. The summed E-state index contributed by atoms with van der Waals surface area (Å²) in [7, 11) is 1.61. The number of anilines is 1. The molecule has 0 aliphatic heterocycles. The first-order chi connectivity index (χ1) is 7.26. The van der Waals surface area contributed by atoms with Crippen molar-refractivity contribution in [3.63, 3.8) is 0 Å². The van der Waals surface area contributed by atoms with Gasteiger partial charge in [0.25, 0.3) is 0 Å². The van der Waals surface area contributed by atoms with Gasteiger partial charge in [-0.3, -0.25) is 10.2 Å². The molecule has 0 fully saturated rings. The number of carbonyl (C=O) groups excluding carboxylic acids is 1. The van der Waals surface area contributed by atoms with Crippen LogP contribution in [-0.2, 0) is 4.79 Å². The molecule has 0 aliphatic carbocycles. The van der Waals surface area contributed by atoms with Gasteiger partial charge in [0.05, 0.1) is 7.11 Å². The lowest BCUT2D eigenvalue weighted by molar-refractivity contribution is -0.120. The Labute approximate surface area is 88.6 Å². The fourth-order valence-electron chi connectivity index (χ4n) is 1.13. The van der Waals surface area contributed by atoms with E-state index >= 15 is 0 Å². The van der Waals surface area contributed by atoms with E-state index < -0.39 is 0 Å². The molecule has 1 amide bonds. The SMILES string of the molecule is COc1cccc(NCCC(=O)NN)c1. The van der Waals surface area contributed by atoms with E-state index in [0.717, 1.165) is 11.4 Å². The molecule has 0 bridgehead atoms. The second-order valence-corrected chi connectivity index (χ2v) is 2.98. The van der Waals surface area contributed by atoms with Crippen molar-refractivity contribution in [3.8, 4) is 5.75 Å². The molecule has 1 aromatic rings. The minimum Gasteiger partial charge on any atom is -0.497 e. The first-order valence-corrected chi connectivity index (χ1v) is 4.63. The summed E-state index contributed by atoms with van der Waals surface area (Å²) in [4.78, 5) is 10.8. The lowest BCUT2D eigenvalue weighted by Gasteiger charge is -2.07. The van der Waals surface area contributed by atoms with Crippen molar-refractivity contribution in [2.24, 2.45) is 5.84 Å². The van der Waals surface area contributed by atoms with E-state index in [0.29, 0.717) is 13.0 Å². The van der Waals surface area contributed by atoms with Crippen molar-refractivity contribution >= 4 is 11.6 Å². The Morgan fingerprint density at radius 2 is 2.33 bits per heavy atom. The summed E-state index contributed by atoms with van der Waals surface area (Å²) in [5.74, 6) is 5.54. The van der Waals surface area contributed by atoms with Crippen LogP contribution in [-0.4, -0.2) is 19.6 Å². The molecule has 0 unspecified atom stereocenters. The number of rotatable bonds is 5. The Bertz CT molecular complexity index is 328. The van der Waals surface area contributed by atoms with Crippen LogP contribution in [0, 0.1) is 0 Å². The molecule has 5 nitrogen and oxygen atoms in total. The number of carbonyl (C=O) groups is 1. The van der Waals surface area contributed by atoms with Crippen molar-refractivity contribution in [1.29, 1.82) is 0 Å². The molecule has 0 spiro atoms. The standard InChI is InChI=1S/C10H15N3O2/c1-15-9-4-2-3-8(7-9)12-6-5-10(14)13-11/h2-4,7,12H,5-6,11H2,1H3,(H,13,14). The fraction of sp³-hybridized carbons (Fsp3) is 0.300. The van der Waals surface area contributed by atoms with E-state index in [1.165, 1.54) is 0 Å². The Kier molecular flexibility index (Phi) is 4.43. The van der Waals surface area contributed by atoms with Gasteiger partial charge in [0.15, 0.2) is 0 Å². The van der Waals surface area contributed by atoms with E-state index in [1.54, 1.807) is 7.11 Å². The topological polar surface area (TPSA) is 76.4 Å². The molecule has 0 heterocycles. The third kappa shape index (κ3) is 3.86. The second kappa shape index (κ2) is 5.87. The highest BCUT2D eigenvalue weighted by atomic mass is 16.5. The summed E-state index contributed by atoms with van der Waals surface area (Å²) in [6, 6.07) is 7.51. The third-order valence-corrected chi connectivity index (χ3v) is 1.91. The number of amides is 1. The summed E-state index contributed by atoms with van der Waals surface area (Å²) in [6.45, 7) is 0.538. The van der Waals surface area contributed by atoms with E-state index in [2.05, 4.69) is 10.7 Å². The number of hydrogen-bond donors (Lipinski definition) is 3. The normalized spacial score (nSPS) is 9.47. The van der Waals surface area contributed by atoms with Crippen LogP contribution < -0.4 is 21.3 Å². The zero-order valence-electron chi connectivity index (χ0n) is 8.62. The van der Waals surface area contributed by atoms with Crippen molar-refractivity contribution in [1.82, 2.24) is 5.43 Å². The summed E-state index contributed by atoms with van der Waals surface area (Å²) in [5, 5.41) is 3.09. The molecule has 0 saturated carbocycles. The molecule has 0 aliphatic rings. The number of benzene rings is 1. The van der Waals surface area contributed by atoms with Crippen LogP contribution >= 0.6 is 0 Å². The monoisotopic (exact) mass is 209 g/mol. The minimum absolute atomic E-state index is 0.189. The highest BCUT2D eigenvalue weighted by Crippen LogP contribution is 2.16. The van der Waals surface area contributed by atoms with Gasteiger partial charge < -0.3 is 10.1 Å². The van der Waals surface area contributed by atoms with Gasteiger partial charge in [0.2, 0.25) is 5.91 Å². The van der Waals surface area contributed by atoms with Gasteiger partial charge in [-0.15, -0.1) is 0 Å². The van der Waals surface area contributed by atoms with Crippen molar-refractivity contribution < 1.29 is 9.53 Å². The first kappa shape index (κ1) is 11.3. The zero-order valence-corrected chi connectivity index (χ0v) is 8.62. The Hall–Kier alpha value is -1.75. The largest absolute Gasteiger partial charge is 0.497 e. The molecular formula is C10H15N3O2. The Morgan fingerprint density at radius 3 is 3.00 bits per heavy atom. The molecule has 5 heteroatoms. The average Bonchev–Trinajstić information content (AvgIpc) is 2.29. The molecule has 15 heavy (non-hydrogen) atoms. The maximum absolute atomic E-state index is 10.8. The zero-order chi connectivity index (χ0) is 11.1. The van der Waals surface area contributed by atoms with E-state index in [1.807, 2.05) is 24.3 Å². The molecule has 4 N–H and O–H groups in total. The Morgan fingerprint density at radius 1 is 1.53 bits per heavy atom. The van der Waals surface area contributed by atoms with Crippen molar-refractivity contribution in [2.45, 2.75) is 6.42 Å². The van der Waals surface area contributed by atoms with Gasteiger partial charge in [-0.05, 0) is 12.1 Å². The van der Waals surface area contributed by atoms with Gasteiger partial charge in [-0.2, -0.15) is 0 Å². The van der Waals surface area contributed by atoms with Gasteiger partial charge in [-0.25, -0.2) is 5.84 Å². The summed E-state index contributed by atoms with van der Waals surface area (Å²) >= 11 is 0. The number of hydrogen-bond acceptors (Lipinski definition) is 4. The predicted octanol–water partition coefficient (Wildman–Crippen LogP) is 0.487. The molecular weight excluding hydrogens is 194 g/mol. The number of nitrogens with one attached hydrogen (secondary N) is 2. The molecule has 0 saturated heterocycles. The fourth-order valence-corrected chi connectivity index (χ4v) is 1.13. The van der Waals surface area contributed by atoms with Crippen LogP contribution in [0.25, 0.3) is 0 Å². The van der Waals surface area contributed by atoms with Gasteiger partial charge in [-0.1, -0.05) is 6.07 Å². The summed E-state index contributed by atoms with van der Waals surface area (Å²) in [6.07, 6.45) is 0.341. The molecule has 82 valence electrons. The quantitative estimate of drug-likeness (QED) is 0.374. The van der Waals surface area contributed by atoms with E-state index in [9.17, 15) is 4.79 Å². The molecule has 1 aromatic carbocycles. The van der Waals surface area contributed by atoms with Crippen LogP contribution in [0.5, 0.6) is 5.75 Å². The highest BCUT2D eigenvalue weighted by molar-refractivity contribution is 5.75. The maximum Gasteiger partial charge on any atom is 0.235 e. The second-order valence-electron chi connectivity index (χ2n) is 2.98. The predicted molar refractivity (Wildman–Crippen MR) is 58.4 cm³/mol. The van der Waals surface area contributed by atoms with Crippen molar-refractivity contribution in [2.75, 3.05) is 19.0 Å². The van der Waals surface area contributed by atoms with Gasteiger partial charge >= 0.3 is 0 Å². The van der Waals surface area contributed by atoms with Crippen LogP contribution in [0.3, 0.4) is 0 Å².